The van der Waals surface area contributed by atoms with Crippen LogP contribution < -0.4 is 5.32 Å². The van der Waals surface area contributed by atoms with Crippen molar-refractivity contribution in [2.45, 2.75) is 65.2 Å². The van der Waals surface area contributed by atoms with Crippen LogP contribution in [0.3, 0.4) is 0 Å². The number of carbonyl (C=O) groups is 2. The van der Waals surface area contributed by atoms with E-state index in [9.17, 15) is 9.59 Å². The molecule has 0 spiro atoms. The van der Waals surface area contributed by atoms with Gasteiger partial charge in [-0.05, 0) is 49.9 Å². The molecule has 1 aliphatic rings. The summed E-state index contributed by atoms with van der Waals surface area (Å²) in [6.07, 6.45) is 6.93. The van der Waals surface area contributed by atoms with Crippen molar-refractivity contribution in [3.8, 4) is 0 Å². The van der Waals surface area contributed by atoms with E-state index in [1.54, 1.807) is 0 Å². The molecule has 1 saturated carbocycles. The van der Waals surface area contributed by atoms with Crippen LogP contribution >= 0.6 is 0 Å². The maximum absolute atomic E-state index is 11.7. The number of carbonyl (C=O) groups excluding carboxylic acids is 1. The minimum atomic E-state index is -0.767. The first kappa shape index (κ1) is 16.0. The maximum Gasteiger partial charge on any atom is 0.303 e. The van der Waals surface area contributed by atoms with Crippen molar-refractivity contribution in [3.05, 3.63) is 0 Å². The van der Waals surface area contributed by atoms with E-state index in [2.05, 4.69) is 19.2 Å². The largest absolute Gasteiger partial charge is 0.481 e. The van der Waals surface area contributed by atoms with Gasteiger partial charge in [0, 0.05) is 19.4 Å². The summed E-state index contributed by atoms with van der Waals surface area (Å²) in [7, 11) is 0. The van der Waals surface area contributed by atoms with Crippen molar-refractivity contribution >= 4 is 11.9 Å². The number of nitrogens with one attached hydrogen (secondary N) is 1. The first-order valence-corrected chi connectivity index (χ1v) is 7.37. The Labute approximate surface area is 116 Å². The third-order valence-electron chi connectivity index (χ3n) is 4.07. The average molecular weight is 269 g/mol. The third kappa shape index (κ3) is 7.19. The Kier molecular flexibility index (Phi) is 6.32. The fourth-order valence-corrected chi connectivity index (χ4v) is 2.63. The molecule has 4 heteroatoms. The zero-order valence-electron chi connectivity index (χ0n) is 12.2. The van der Waals surface area contributed by atoms with Crippen molar-refractivity contribution in [2.24, 2.45) is 11.3 Å². The first-order chi connectivity index (χ1) is 8.89. The molecular weight excluding hydrogens is 242 g/mol. The highest BCUT2D eigenvalue weighted by Crippen LogP contribution is 2.38. The van der Waals surface area contributed by atoms with E-state index >= 15 is 0 Å². The summed E-state index contributed by atoms with van der Waals surface area (Å²) in [5.41, 5.74) is 0.448. The molecule has 1 amide bonds. The first-order valence-electron chi connectivity index (χ1n) is 7.37. The molecular formula is C15H27NO3. The molecule has 0 unspecified atom stereocenters. The van der Waals surface area contributed by atoms with E-state index in [-0.39, 0.29) is 12.3 Å². The molecule has 0 bridgehead atoms. The van der Waals surface area contributed by atoms with Crippen molar-refractivity contribution in [1.82, 2.24) is 5.32 Å². The van der Waals surface area contributed by atoms with Crippen LogP contribution in [0.5, 0.6) is 0 Å². The molecule has 0 aromatic heterocycles. The Morgan fingerprint density at radius 3 is 2.42 bits per heavy atom. The fraction of sp³-hybridized carbons (Fsp3) is 0.867. The number of aliphatic carboxylic acids is 1. The molecule has 0 saturated heterocycles. The molecule has 110 valence electrons. The Morgan fingerprint density at radius 1 is 1.21 bits per heavy atom. The minimum Gasteiger partial charge on any atom is -0.481 e. The highest BCUT2D eigenvalue weighted by atomic mass is 16.4. The molecule has 0 atom stereocenters. The molecule has 0 heterocycles. The van der Waals surface area contributed by atoms with Crippen molar-refractivity contribution < 1.29 is 14.7 Å². The second-order valence-electron chi connectivity index (χ2n) is 6.51. The van der Waals surface area contributed by atoms with Gasteiger partial charge in [-0.15, -0.1) is 0 Å². The van der Waals surface area contributed by atoms with Gasteiger partial charge in [0.2, 0.25) is 5.91 Å². The SMILES string of the molecule is CC1(C)CCC(CC(=O)NCCCCC(=O)O)CC1. The van der Waals surface area contributed by atoms with E-state index in [1.807, 2.05) is 0 Å². The molecule has 1 fully saturated rings. The smallest absolute Gasteiger partial charge is 0.303 e. The van der Waals surface area contributed by atoms with E-state index < -0.39 is 5.97 Å². The molecule has 4 nitrogen and oxygen atoms in total. The quantitative estimate of drug-likeness (QED) is 0.698. The lowest BCUT2D eigenvalue weighted by Crippen LogP contribution is -2.29. The van der Waals surface area contributed by atoms with E-state index in [0.717, 1.165) is 19.3 Å². The van der Waals surface area contributed by atoms with Gasteiger partial charge >= 0.3 is 5.97 Å². The van der Waals surface area contributed by atoms with Crippen LogP contribution in [0.25, 0.3) is 0 Å². The predicted octanol–water partition coefficient (Wildman–Crippen LogP) is 2.96. The molecule has 1 rings (SSSR count). The number of hydrogen-bond acceptors (Lipinski definition) is 2. The second kappa shape index (κ2) is 7.51. The number of carboxylic acid groups (broad SMARTS) is 1. The average Bonchev–Trinajstić information content (AvgIpc) is 2.31. The molecule has 0 aromatic carbocycles. The zero-order chi connectivity index (χ0) is 14.3. The van der Waals surface area contributed by atoms with Gasteiger partial charge in [-0.25, -0.2) is 0 Å². The lowest BCUT2D eigenvalue weighted by Gasteiger charge is -2.34. The zero-order valence-corrected chi connectivity index (χ0v) is 12.2. The number of carboxylic acids is 1. The fourth-order valence-electron chi connectivity index (χ4n) is 2.63. The van der Waals surface area contributed by atoms with Crippen molar-refractivity contribution in [3.63, 3.8) is 0 Å². The van der Waals surface area contributed by atoms with Crippen molar-refractivity contribution in [1.29, 1.82) is 0 Å². The van der Waals surface area contributed by atoms with Gasteiger partial charge in [0.15, 0.2) is 0 Å². The number of amides is 1. The van der Waals surface area contributed by atoms with Gasteiger partial charge in [-0.3, -0.25) is 9.59 Å². The maximum atomic E-state index is 11.7. The highest BCUT2D eigenvalue weighted by Gasteiger charge is 2.27. The molecule has 19 heavy (non-hydrogen) atoms. The molecule has 0 radical (unpaired) electrons. The summed E-state index contributed by atoms with van der Waals surface area (Å²) < 4.78 is 0. The summed E-state index contributed by atoms with van der Waals surface area (Å²) in [6.45, 7) is 5.20. The number of rotatable bonds is 7. The van der Waals surface area contributed by atoms with Crippen LogP contribution in [0.15, 0.2) is 0 Å². The topological polar surface area (TPSA) is 66.4 Å². The third-order valence-corrected chi connectivity index (χ3v) is 4.07. The minimum absolute atomic E-state index is 0.125. The summed E-state index contributed by atoms with van der Waals surface area (Å²) in [5.74, 6) is -0.108. The van der Waals surface area contributed by atoms with Crippen LogP contribution in [0, 0.1) is 11.3 Å². The second-order valence-corrected chi connectivity index (χ2v) is 6.51. The molecule has 1 aliphatic carbocycles. The monoisotopic (exact) mass is 269 g/mol. The molecule has 2 N–H and O–H groups in total. The van der Waals surface area contributed by atoms with E-state index in [1.165, 1.54) is 12.8 Å². The highest BCUT2D eigenvalue weighted by molar-refractivity contribution is 5.76. The van der Waals surface area contributed by atoms with E-state index in [0.29, 0.717) is 30.7 Å². The van der Waals surface area contributed by atoms with Crippen LogP contribution in [0.1, 0.15) is 65.2 Å². The van der Waals surface area contributed by atoms with Gasteiger partial charge in [-0.2, -0.15) is 0 Å². The predicted molar refractivity (Wildman–Crippen MR) is 74.9 cm³/mol. The van der Waals surface area contributed by atoms with Gasteiger partial charge in [-0.1, -0.05) is 13.8 Å². The summed E-state index contributed by atoms with van der Waals surface area (Å²) in [4.78, 5) is 22.1. The molecule has 0 aliphatic heterocycles. The number of hydrogen-bond donors (Lipinski definition) is 2. The number of unbranched alkanes of at least 4 members (excludes halogenated alkanes) is 1. The Bertz CT molecular complexity index is 303. The molecule has 0 aromatic rings. The normalized spacial score (nSPS) is 19.1. The van der Waals surface area contributed by atoms with Gasteiger partial charge < -0.3 is 10.4 Å². The van der Waals surface area contributed by atoms with Crippen molar-refractivity contribution in [2.75, 3.05) is 6.54 Å². The Balaban J connectivity index is 2.06. The van der Waals surface area contributed by atoms with Gasteiger partial charge in [0.05, 0.1) is 0 Å². The summed E-state index contributed by atoms with van der Waals surface area (Å²) in [6, 6.07) is 0. The lowest BCUT2D eigenvalue weighted by atomic mass is 9.72. The van der Waals surface area contributed by atoms with E-state index in [4.69, 9.17) is 5.11 Å². The van der Waals surface area contributed by atoms with Crippen LogP contribution in [0.2, 0.25) is 0 Å². The standard InChI is InChI=1S/C15H27NO3/c1-15(2)8-6-12(7-9-15)11-13(17)16-10-4-3-5-14(18)19/h12H,3-11H2,1-2H3,(H,16,17)(H,18,19). The van der Waals surface area contributed by atoms with Gasteiger partial charge in [0.25, 0.3) is 0 Å². The summed E-state index contributed by atoms with van der Waals surface area (Å²) in [5, 5.41) is 11.4. The Hall–Kier alpha value is -1.06. The Morgan fingerprint density at radius 2 is 1.84 bits per heavy atom. The van der Waals surface area contributed by atoms with Crippen LogP contribution in [-0.4, -0.2) is 23.5 Å². The van der Waals surface area contributed by atoms with Gasteiger partial charge in [0.1, 0.15) is 0 Å². The van der Waals surface area contributed by atoms with Crippen LogP contribution in [-0.2, 0) is 9.59 Å². The summed E-state index contributed by atoms with van der Waals surface area (Å²) >= 11 is 0. The van der Waals surface area contributed by atoms with Crippen LogP contribution in [0.4, 0.5) is 0 Å². The lowest BCUT2D eigenvalue weighted by molar-refractivity contribution is -0.137.